The van der Waals surface area contributed by atoms with E-state index in [1.54, 1.807) is 34.1 Å². The Hall–Kier alpha value is -3.30. The summed E-state index contributed by atoms with van der Waals surface area (Å²) in [6, 6.07) is -1.10. The zero-order valence-corrected chi connectivity index (χ0v) is 44.9. The van der Waals surface area contributed by atoms with Crippen LogP contribution in [0.1, 0.15) is 146 Å². The number of aliphatic hydroxyl groups is 2. The lowest BCUT2D eigenvalue weighted by molar-refractivity contribution is -0.265. The van der Waals surface area contributed by atoms with Crippen molar-refractivity contribution >= 4 is 23.4 Å². The lowest BCUT2D eigenvalue weighted by atomic mass is 9.78. The lowest BCUT2D eigenvalue weighted by Crippen LogP contribution is -2.61. The summed E-state index contributed by atoms with van der Waals surface area (Å²) in [5, 5.41) is 23.6. The van der Waals surface area contributed by atoms with Gasteiger partial charge in [-0.15, -0.1) is 0 Å². The second kappa shape index (κ2) is 28.2. The van der Waals surface area contributed by atoms with Crippen molar-refractivity contribution in [2.45, 2.75) is 201 Å². The van der Waals surface area contributed by atoms with Crippen molar-refractivity contribution in [2.75, 3.05) is 34.0 Å². The predicted molar refractivity (Wildman–Crippen MR) is 272 cm³/mol. The van der Waals surface area contributed by atoms with Gasteiger partial charge in [0.2, 0.25) is 5.79 Å². The molecule has 4 aliphatic rings. The van der Waals surface area contributed by atoms with Crippen molar-refractivity contribution in [1.29, 1.82) is 0 Å². The van der Waals surface area contributed by atoms with Crippen molar-refractivity contribution in [1.82, 2.24) is 4.90 Å². The maximum Gasteiger partial charge on any atom is 0.329 e. The van der Waals surface area contributed by atoms with Gasteiger partial charge in [-0.05, 0) is 127 Å². The Kier molecular flexibility index (Phi) is 23.9. The number of methoxy groups -OCH3 is 2. The van der Waals surface area contributed by atoms with E-state index in [2.05, 4.69) is 26.5 Å². The Morgan fingerprint density at radius 3 is 2.27 bits per heavy atom. The monoisotopic (exact) mass is 982 g/mol. The largest absolute Gasteiger partial charge is 0.460 e. The number of amides is 1. The Balaban J connectivity index is 1.66. The molecule has 0 unspecified atom stereocenters. The molecule has 1 amide bonds. The van der Waals surface area contributed by atoms with Gasteiger partial charge in [0.05, 0.1) is 49.8 Å². The molecule has 3 aliphatic heterocycles. The minimum Gasteiger partial charge on any atom is -0.460 e. The highest BCUT2D eigenvalue weighted by atomic mass is 16.6. The highest BCUT2D eigenvalue weighted by Crippen LogP contribution is 2.38. The van der Waals surface area contributed by atoms with Crippen LogP contribution >= 0.6 is 0 Å². The van der Waals surface area contributed by atoms with Crippen LogP contribution in [0.4, 0.5) is 0 Å². The molecule has 2 bridgehead atoms. The van der Waals surface area contributed by atoms with E-state index in [9.17, 15) is 29.4 Å². The van der Waals surface area contributed by atoms with E-state index in [-0.39, 0.29) is 79.2 Å². The molecule has 70 heavy (non-hydrogen) atoms. The first-order valence-corrected chi connectivity index (χ1v) is 26.5. The van der Waals surface area contributed by atoms with E-state index in [1.165, 1.54) is 4.90 Å². The quantitative estimate of drug-likeness (QED) is 0.0924. The van der Waals surface area contributed by atoms with Crippen LogP contribution in [0, 0.1) is 41.4 Å². The minimum atomic E-state index is -2.41. The van der Waals surface area contributed by atoms with Gasteiger partial charge in [-0.2, -0.15) is 0 Å². The summed E-state index contributed by atoms with van der Waals surface area (Å²) in [5.41, 5.74) is 2.53. The third-order valence-electron chi connectivity index (χ3n) is 15.7. The highest BCUT2D eigenvalue weighted by Gasteiger charge is 2.53. The zero-order chi connectivity index (χ0) is 51.9. The van der Waals surface area contributed by atoms with Crippen LogP contribution in [0.3, 0.4) is 0 Å². The summed E-state index contributed by atoms with van der Waals surface area (Å²) in [6.45, 7) is 25.0. The Morgan fingerprint density at radius 1 is 0.857 bits per heavy atom. The van der Waals surface area contributed by atoms with Gasteiger partial charge in [-0.25, -0.2) is 4.79 Å². The normalized spacial score (nSPS) is 38.5. The van der Waals surface area contributed by atoms with Gasteiger partial charge >= 0.3 is 5.97 Å². The molecular formula is C57H91NO12. The number of carbonyl (C=O) groups is 4. The minimum absolute atomic E-state index is 0.0771. The second-order valence-electron chi connectivity index (χ2n) is 21.7. The van der Waals surface area contributed by atoms with Crippen LogP contribution in [0.2, 0.25) is 0 Å². The number of hydrogen-bond acceptors (Lipinski definition) is 12. The summed E-state index contributed by atoms with van der Waals surface area (Å²) in [6.07, 6.45) is 15.6. The number of nitrogens with zero attached hydrogens (tertiary/aromatic N) is 1. The van der Waals surface area contributed by atoms with Crippen molar-refractivity contribution < 1.29 is 57.8 Å². The summed E-state index contributed by atoms with van der Waals surface area (Å²) >= 11 is 0. The Morgan fingerprint density at radius 2 is 1.59 bits per heavy atom. The molecule has 2 saturated heterocycles. The number of allylic oxidation sites excluding steroid dienone is 6. The number of cyclic esters (lactones) is 1. The fourth-order valence-corrected chi connectivity index (χ4v) is 10.9. The number of rotatable bonds is 10. The molecule has 0 radical (unpaired) electrons. The predicted octanol–water partition coefficient (Wildman–Crippen LogP) is 9.24. The van der Waals surface area contributed by atoms with Crippen molar-refractivity contribution in [3.8, 4) is 0 Å². The van der Waals surface area contributed by atoms with E-state index in [1.807, 2.05) is 65.8 Å². The number of esters is 1. The van der Waals surface area contributed by atoms with Crippen LogP contribution in [-0.4, -0.2) is 127 Å². The summed E-state index contributed by atoms with van der Waals surface area (Å²) < 4.78 is 36.3. The van der Waals surface area contributed by atoms with Crippen LogP contribution in [-0.2, 0) is 47.6 Å². The molecular weight excluding hydrogens is 891 g/mol. The third kappa shape index (κ3) is 16.6. The first-order chi connectivity index (χ1) is 33.1. The van der Waals surface area contributed by atoms with Crippen LogP contribution < -0.4 is 0 Å². The van der Waals surface area contributed by atoms with Gasteiger partial charge in [-0.3, -0.25) is 14.4 Å². The SMILES string of the molecule is C=C1[C@H](C)C[C@H](C)/C=C/C=C/C=C(\C)[C@@H](OC)C[C@@H]2CC[C@@H](C)[C@@](O)(O2)C(=O)C(=O)N2CCCC[C@H]2C(=O)O[C@H]([C@H](C)C[C@@H]2CC[C@@H](OCCOC(C)C)[C@H](OC)C2)CC(=O)[C@H](C)/C=C(\C)[C@@H](O)[C@H]1C. The number of aliphatic hydroxyl groups excluding tert-OH is 1. The Labute approximate surface area is 420 Å². The van der Waals surface area contributed by atoms with Crippen LogP contribution in [0.5, 0.6) is 0 Å². The number of ketones is 2. The molecule has 0 spiro atoms. The first kappa shape index (κ1) is 59.3. The second-order valence-corrected chi connectivity index (χ2v) is 21.7. The summed E-state index contributed by atoms with van der Waals surface area (Å²) in [4.78, 5) is 58.7. The lowest BCUT2D eigenvalue weighted by Gasteiger charge is -2.42. The maximum atomic E-state index is 14.5. The first-order valence-electron chi connectivity index (χ1n) is 26.5. The van der Waals surface area contributed by atoms with Crippen LogP contribution in [0.25, 0.3) is 0 Å². The number of fused-ring (bicyclic) bond motifs is 3. The smallest absolute Gasteiger partial charge is 0.329 e. The average Bonchev–Trinajstić information content (AvgIpc) is 3.33. The molecule has 13 nitrogen and oxygen atoms in total. The van der Waals surface area contributed by atoms with Gasteiger partial charge < -0.3 is 43.5 Å². The molecule has 0 aromatic carbocycles. The molecule has 15 atom stereocenters. The van der Waals surface area contributed by atoms with Crippen molar-refractivity contribution in [3.05, 3.63) is 59.8 Å². The highest BCUT2D eigenvalue weighted by molar-refractivity contribution is 6.39. The van der Waals surface area contributed by atoms with E-state index >= 15 is 0 Å². The summed E-state index contributed by atoms with van der Waals surface area (Å²) in [5.74, 6) is -6.61. The van der Waals surface area contributed by atoms with Crippen molar-refractivity contribution in [2.24, 2.45) is 41.4 Å². The molecule has 2 N–H and O–H groups in total. The molecule has 1 aliphatic carbocycles. The molecule has 3 fully saturated rings. The van der Waals surface area contributed by atoms with Crippen molar-refractivity contribution in [3.63, 3.8) is 0 Å². The number of Topliss-reactive ketones (excluding diaryl/α,β-unsaturated/α-hetero) is 2. The fraction of sp³-hybridized carbons (Fsp3) is 0.754. The fourth-order valence-electron chi connectivity index (χ4n) is 10.9. The third-order valence-corrected chi connectivity index (χ3v) is 15.7. The van der Waals surface area contributed by atoms with E-state index in [0.29, 0.717) is 57.3 Å². The Bertz CT molecular complexity index is 1850. The molecule has 0 aromatic rings. The van der Waals surface area contributed by atoms with Gasteiger partial charge in [0.1, 0.15) is 17.9 Å². The molecule has 1 saturated carbocycles. The molecule has 396 valence electrons. The number of piperidine rings is 1. The molecule has 13 heteroatoms. The van der Waals surface area contributed by atoms with Gasteiger partial charge in [0.15, 0.2) is 0 Å². The van der Waals surface area contributed by atoms with Gasteiger partial charge in [0, 0.05) is 51.4 Å². The van der Waals surface area contributed by atoms with E-state index < -0.39 is 59.6 Å². The van der Waals surface area contributed by atoms with Gasteiger partial charge in [0.25, 0.3) is 11.7 Å². The standard InChI is InChI=1S/C57H91NO12/c1-35(2)67-27-28-68-49-25-23-45(32-52(49)66-13)31-40(7)51-34-48(59)39(6)30-41(8)53(60)44(11)43(10)38(5)29-36(3)19-15-14-16-20-37(4)50(65-12)33-46-24-22-42(9)57(64,70-46)54(61)55(62)58-26-18-17-21-47(58)56(63)69-51/h14-16,19-20,30,35-36,38-40,42,44-47,49-53,60,64H,10,17-18,21-29,31-34H2,1-9,11-13H3/b16-14+,19-15+,37-20+,41-30+/t36-,38-,39-,40-,42-,44+,45+,46+,47+,49-,50+,51+,52-,53-,57-/m1/s1. The van der Waals surface area contributed by atoms with Crippen LogP contribution in [0.15, 0.2) is 59.8 Å². The maximum absolute atomic E-state index is 14.5. The summed E-state index contributed by atoms with van der Waals surface area (Å²) in [7, 11) is 3.30. The molecule has 3 heterocycles. The zero-order valence-electron chi connectivity index (χ0n) is 44.9. The topological polar surface area (TPSA) is 167 Å². The average molecular weight is 982 g/mol. The van der Waals surface area contributed by atoms with E-state index in [0.717, 1.165) is 36.8 Å². The van der Waals surface area contributed by atoms with E-state index in [4.69, 9.17) is 28.4 Å². The molecule has 0 aromatic heterocycles. The molecule has 4 rings (SSSR count). The number of hydrogen-bond donors (Lipinski definition) is 2. The van der Waals surface area contributed by atoms with Gasteiger partial charge in [-0.1, -0.05) is 90.2 Å². The number of carbonyl (C=O) groups excluding carboxylic acids is 4. The number of ether oxygens (including phenoxy) is 6.